The van der Waals surface area contributed by atoms with Gasteiger partial charge in [-0.05, 0) is 34.1 Å². The number of carboxylic acids is 1. The van der Waals surface area contributed by atoms with E-state index < -0.39 is 5.97 Å². The fourth-order valence-electron chi connectivity index (χ4n) is 1.68. The van der Waals surface area contributed by atoms with Gasteiger partial charge < -0.3 is 9.52 Å². The van der Waals surface area contributed by atoms with Crippen molar-refractivity contribution in [1.29, 1.82) is 0 Å². The van der Waals surface area contributed by atoms with Crippen molar-refractivity contribution in [3.63, 3.8) is 0 Å². The molecule has 0 radical (unpaired) electrons. The summed E-state index contributed by atoms with van der Waals surface area (Å²) in [5.74, 6) is 0.142. The maximum absolute atomic E-state index is 10.7. The van der Waals surface area contributed by atoms with Crippen LogP contribution in [0.15, 0.2) is 33.5 Å². The van der Waals surface area contributed by atoms with Gasteiger partial charge >= 0.3 is 5.97 Å². The Hall–Kier alpha value is -2.22. The highest BCUT2D eigenvalue weighted by Crippen LogP contribution is 2.24. The third-order valence-corrected chi connectivity index (χ3v) is 2.85. The van der Waals surface area contributed by atoms with Crippen LogP contribution in [0.3, 0.4) is 0 Å². The fraction of sp³-hybridized carbons (Fsp3) is 0.0909. The molecule has 0 unspecified atom stereocenters. The van der Waals surface area contributed by atoms with Gasteiger partial charge in [-0.3, -0.25) is 4.79 Å². The zero-order valence-corrected chi connectivity index (χ0v) is 11.0. The zero-order valence-electron chi connectivity index (χ0n) is 9.45. The first kappa shape index (κ1) is 11.8. The second-order valence-electron chi connectivity index (χ2n) is 3.74. The Morgan fingerprint density at radius 2 is 2.26 bits per heavy atom. The number of nitrogens with zero attached hydrogens (tertiary/aromatic N) is 4. The average molecular weight is 323 g/mol. The molecule has 3 aromatic heterocycles. The summed E-state index contributed by atoms with van der Waals surface area (Å²) < 4.78 is 7.51. The van der Waals surface area contributed by atoms with Gasteiger partial charge in [0.2, 0.25) is 0 Å². The van der Waals surface area contributed by atoms with Crippen LogP contribution in [0.4, 0.5) is 0 Å². The van der Waals surface area contributed by atoms with Gasteiger partial charge in [-0.1, -0.05) is 0 Å². The molecule has 0 spiro atoms. The number of halogens is 1. The predicted molar refractivity (Wildman–Crippen MR) is 67.5 cm³/mol. The number of aliphatic carboxylic acids is 1. The number of hydrogen-bond acceptors (Lipinski definition) is 5. The van der Waals surface area contributed by atoms with E-state index in [2.05, 4.69) is 31.0 Å². The van der Waals surface area contributed by atoms with Crippen molar-refractivity contribution in [2.24, 2.45) is 0 Å². The molecular formula is C11H7BrN4O3. The van der Waals surface area contributed by atoms with Gasteiger partial charge in [-0.15, -0.1) is 5.10 Å². The Kier molecular flexibility index (Phi) is 2.79. The maximum atomic E-state index is 10.7. The molecule has 0 bridgehead atoms. The number of fused-ring (bicyclic) bond motifs is 1. The molecule has 0 aromatic carbocycles. The van der Waals surface area contributed by atoms with E-state index in [0.717, 1.165) is 0 Å². The number of carbonyl (C=O) groups is 1. The van der Waals surface area contributed by atoms with E-state index in [9.17, 15) is 4.79 Å². The first-order chi connectivity index (χ1) is 9.13. The van der Waals surface area contributed by atoms with Gasteiger partial charge in [0.05, 0.1) is 0 Å². The highest BCUT2D eigenvalue weighted by Gasteiger charge is 2.13. The predicted octanol–water partition coefficient (Wildman–Crippen LogP) is 1.77. The third-order valence-electron chi connectivity index (χ3n) is 2.42. The molecule has 3 rings (SSSR count). The summed E-state index contributed by atoms with van der Waals surface area (Å²) >= 11 is 3.23. The van der Waals surface area contributed by atoms with Crippen LogP contribution in [-0.4, -0.2) is 30.7 Å². The zero-order chi connectivity index (χ0) is 13.4. The molecule has 96 valence electrons. The molecule has 0 aliphatic heterocycles. The summed E-state index contributed by atoms with van der Waals surface area (Å²) in [4.78, 5) is 18.8. The lowest BCUT2D eigenvalue weighted by Crippen LogP contribution is -2.02. The standard InChI is InChI=1S/C11H7BrN4O3/c12-8-2-1-7(19-8)6-3-4-13-11-14-9(5-10(17)18)15-16(6)11/h1-4H,5H2,(H,17,18). The van der Waals surface area contributed by atoms with Crippen molar-refractivity contribution in [1.82, 2.24) is 19.6 Å². The quantitative estimate of drug-likeness (QED) is 0.789. The van der Waals surface area contributed by atoms with Crippen LogP contribution in [0.2, 0.25) is 0 Å². The van der Waals surface area contributed by atoms with Crippen molar-refractivity contribution >= 4 is 27.7 Å². The molecule has 8 heteroatoms. The second kappa shape index (κ2) is 4.47. The first-order valence-corrected chi connectivity index (χ1v) is 6.11. The van der Waals surface area contributed by atoms with Gasteiger partial charge in [-0.25, -0.2) is 4.98 Å². The van der Waals surface area contributed by atoms with Crippen LogP contribution in [0.25, 0.3) is 17.2 Å². The van der Waals surface area contributed by atoms with Crippen LogP contribution < -0.4 is 0 Å². The minimum atomic E-state index is -0.988. The van der Waals surface area contributed by atoms with Crippen molar-refractivity contribution in [2.45, 2.75) is 6.42 Å². The van der Waals surface area contributed by atoms with E-state index in [-0.39, 0.29) is 12.2 Å². The Morgan fingerprint density at radius 1 is 1.42 bits per heavy atom. The molecule has 0 fully saturated rings. The number of furan rings is 1. The lowest BCUT2D eigenvalue weighted by Gasteiger charge is -1.98. The number of carboxylic acid groups (broad SMARTS) is 1. The highest BCUT2D eigenvalue weighted by atomic mass is 79.9. The lowest BCUT2D eigenvalue weighted by atomic mass is 10.3. The summed E-state index contributed by atoms with van der Waals surface area (Å²) in [5, 5.41) is 12.9. The molecular weight excluding hydrogens is 316 g/mol. The summed E-state index contributed by atoms with van der Waals surface area (Å²) in [6.07, 6.45) is 1.32. The molecule has 0 atom stereocenters. The molecule has 0 saturated heterocycles. The van der Waals surface area contributed by atoms with Crippen molar-refractivity contribution in [3.05, 3.63) is 34.9 Å². The van der Waals surface area contributed by atoms with Gasteiger partial charge in [0, 0.05) is 6.20 Å². The summed E-state index contributed by atoms with van der Waals surface area (Å²) in [5.41, 5.74) is 0.653. The maximum Gasteiger partial charge on any atom is 0.311 e. The lowest BCUT2D eigenvalue weighted by molar-refractivity contribution is -0.136. The average Bonchev–Trinajstić information content (AvgIpc) is 2.93. The minimum absolute atomic E-state index is 0.207. The fourth-order valence-corrected chi connectivity index (χ4v) is 1.99. The van der Waals surface area contributed by atoms with Crippen LogP contribution in [0.1, 0.15) is 5.82 Å². The topological polar surface area (TPSA) is 93.5 Å². The van der Waals surface area contributed by atoms with Gasteiger partial charge in [0.15, 0.2) is 16.3 Å². The largest absolute Gasteiger partial charge is 0.481 e. The molecule has 1 N–H and O–H groups in total. The number of rotatable bonds is 3. The highest BCUT2D eigenvalue weighted by molar-refractivity contribution is 9.10. The van der Waals surface area contributed by atoms with Crippen LogP contribution in [-0.2, 0) is 11.2 Å². The monoisotopic (exact) mass is 322 g/mol. The number of aromatic nitrogens is 4. The molecule has 0 saturated carbocycles. The molecule has 7 nitrogen and oxygen atoms in total. The van der Waals surface area contributed by atoms with E-state index in [0.29, 0.717) is 21.9 Å². The minimum Gasteiger partial charge on any atom is -0.481 e. The Morgan fingerprint density at radius 3 is 2.95 bits per heavy atom. The molecule has 3 heterocycles. The first-order valence-electron chi connectivity index (χ1n) is 5.31. The van der Waals surface area contributed by atoms with Crippen molar-refractivity contribution in [2.75, 3.05) is 0 Å². The van der Waals surface area contributed by atoms with E-state index in [1.165, 1.54) is 4.52 Å². The summed E-state index contributed by atoms with van der Waals surface area (Å²) in [6, 6.07) is 5.26. The van der Waals surface area contributed by atoms with Crippen molar-refractivity contribution < 1.29 is 14.3 Å². The SMILES string of the molecule is O=C(O)Cc1nc2nccc(-c3ccc(Br)o3)n2n1. The molecule has 19 heavy (non-hydrogen) atoms. The molecule has 0 aliphatic carbocycles. The molecule has 3 aromatic rings. The third kappa shape index (κ3) is 2.22. The Bertz CT molecular complexity index is 764. The van der Waals surface area contributed by atoms with Gasteiger partial charge in [0.1, 0.15) is 12.1 Å². The summed E-state index contributed by atoms with van der Waals surface area (Å²) in [6.45, 7) is 0. The Balaban J connectivity index is 2.14. The molecule has 0 aliphatic rings. The number of hydrogen-bond donors (Lipinski definition) is 1. The smallest absolute Gasteiger partial charge is 0.311 e. The van der Waals surface area contributed by atoms with Crippen LogP contribution in [0.5, 0.6) is 0 Å². The van der Waals surface area contributed by atoms with E-state index in [1.807, 2.05) is 0 Å². The van der Waals surface area contributed by atoms with E-state index in [4.69, 9.17) is 9.52 Å². The van der Waals surface area contributed by atoms with Crippen LogP contribution in [0, 0.1) is 0 Å². The summed E-state index contributed by atoms with van der Waals surface area (Å²) in [7, 11) is 0. The normalized spacial score (nSPS) is 11.0. The van der Waals surface area contributed by atoms with Crippen molar-refractivity contribution in [3.8, 4) is 11.5 Å². The van der Waals surface area contributed by atoms with Gasteiger partial charge in [-0.2, -0.15) is 9.50 Å². The van der Waals surface area contributed by atoms with E-state index in [1.54, 1.807) is 24.4 Å². The van der Waals surface area contributed by atoms with E-state index >= 15 is 0 Å². The van der Waals surface area contributed by atoms with Gasteiger partial charge in [0.25, 0.3) is 5.78 Å². The van der Waals surface area contributed by atoms with Crippen LogP contribution >= 0.6 is 15.9 Å². The Labute approximate surface area is 115 Å². The second-order valence-corrected chi connectivity index (χ2v) is 4.53. The molecule has 0 amide bonds.